The van der Waals surface area contributed by atoms with Gasteiger partial charge in [-0.05, 0) is 30.5 Å². The molecular weight excluding hydrogens is 328 g/mol. The molecule has 2 N–H and O–H groups in total. The van der Waals surface area contributed by atoms with Crippen molar-refractivity contribution in [3.8, 4) is 22.8 Å². The summed E-state index contributed by atoms with van der Waals surface area (Å²) in [5.74, 6) is -0.913. The number of aromatic carboxylic acids is 1. The van der Waals surface area contributed by atoms with E-state index in [4.69, 9.17) is 4.74 Å². The predicted molar refractivity (Wildman–Crippen MR) is 91.9 cm³/mol. The van der Waals surface area contributed by atoms with Crippen molar-refractivity contribution < 1.29 is 19.7 Å². The van der Waals surface area contributed by atoms with Crippen molar-refractivity contribution in [1.29, 1.82) is 0 Å². The van der Waals surface area contributed by atoms with Gasteiger partial charge in [0.2, 0.25) is 0 Å². The quantitative estimate of drug-likeness (QED) is 0.554. The summed E-state index contributed by atoms with van der Waals surface area (Å²) in [6.07, 6.45) is 1.85. The van der Waals surface area contributed by atoms with Crippen molar-refractivity contribution in [3.05, 3.63) is 42.0 Å². The lowest BCUT2D eigenvalue weighted by Crippen LogP contribution is -2.00. The van der Waals surface area contributed by atoms with Crippen LogP contribution >= 0.6 is 11.8 Å². The van der Waals surface area contributed by atoms with Gasteiger partial charge in [-0.25, -0.2) is 14.8 Å². The highest BCUT2D eigenvalue weighted by Gasteiger charge is 2.19. The normalized spacial score (nSPS) is 10.8. The van der Waals surface area contributed by atoms with E-state index >= 15 is 0 Å². The third-order valence-electron chi connectivity index (χ3n) is 3.57. The van der Waals surface area contributed by atoms with Crippen LogP contribution in [0.1, 0.15) is 10.4 Å². The van der Waals surface area contributed by atoms with Crippen molar-refractivity contribution >= 4 is 28.6 Å². The van der Waals surface area contributed by atoms with Crippen LogP contribution in [0.15, 0.2) is 41.6 Å². The molecule has 0 bridgehead atoms. The number of ether oxygens (including phenoxy) is 1. The second kappa shape index (κ2) is 6.37. The fourth-order valence-corrected chi connectivity index (χ4v) is 2.80. The van der Waals surface area contributed by atoms with Gasteiger partial charge in [0, 0.05) is 5.56 Å². The molecule has 2 aromatic carbocycles. The molecule has 0 radical (unpaired) electrons. The molecule has 0 atom stereocenters. The van der Waals surface area contributed by atoms with E-state index in [0.29, 0.717) is 33.1 Å². The van der Waals surface area contributed by atoms with Gasteiger partial charge < -0.3 is 14.9 Å². The first-order valence-electron chi connectivity index (χ1n) is 7.00. The zero-order chi connectivity index (χ0) is 17.3. The number of benzene rings is 2. The summed E-state index contributed by atoms with van der Waals surface area (Å²) in [7, 11) is 1.56. The third kappa shape index (κ3) is 2.74. The molecule has 7 heteroatoms. The molecule has 0 fully saturated rings. The molecule has 0 unspecified atom stereocenters. The van der Waals surface area contributed by atoms with Crippen LogP contribution in [-0.2, 0) is 0 Å². The van der Waals surface area contributed by atoms with Gasteiger partial charge >= 0.3 is 5.97 Å². The number of hydrogen-bond donors (Lipinski definition) is 2. The molecule has 24 heavy (non-hydrogen) atoms. The Morgan fingerprint density at radius 3 is 2.67 bits per heavy atom. The number of carboxylic acids is 1. The summed E-state index contributed by atoms with van der Waals surface area (Å²) in [5, 5.41) is 20.5. The monoisotopic (exact) mass is 342 g/mol. The van der Waals surface area contributed by atoms with Gasteiger partial charge in [0.05, 0.1) is 23.7 Å². The summed E-state index contributed by atoms with van der Waals surface area (Å²) in [4.78, 5) is 20.1. The zero-order valence-electron chi connectivity index (χ0n) is 13.0. The van der Waals surface area contributed by atoms with Crippen molar-refractivity contribution in [2.24, 2.45) is 0 Å². The van der Waals surface area contributed by atoms with Gasteiger partial charge in [-0.1, -0.05) is 23.9 Å². The summed E-state index contributed by atoms with van der Waals surface area (Å²) >= 11 is 1.37. The van der Waals surface area contributed by atoms with Crippen molar-refractivity contribution in [1.82, 2.24) is 9.97 Å². The van der Waals surface area contributed by atoms with Crippen molar-refractivity contribution in [2.45, 2.75) is 5.16 Å². The Morgan fingerprint density at radius 1 is 1.21 bits per heavy atom. The van der Waals surface area contributed by atoms with Crippen LogP contribution in [0.25, 0.3) is 22.2 Å². The van der Waals surface area contributed by atoms with Crippen LogP contribution in [-0.4, -0.2) is 39.5 Å². The lowest BCUT2D eigenvalue weighted by atomic mass is 10.0. The van der Waals surface area contributed by atoms with Crippen molar-refractivity contribution in [3.63, 3.8) is 0 Å². The zero-order valence-corrected chi connectivity index (χ0v) is 13.8. The van der Waals surface area contributed by atoms with E-state index in [0.717, 1.165) is 0 Å². The number of carbonyl (C=O) groups is 1. The molecule has 1 heterocycles. The molecule has 0 saturated heterocycles. The number of methoxy groups -OCH3 is 1. The Bertz CT molecular complexity index is 943. The Kier molecular flexibility index (Phi) is 4.26. The minimum absolute atomic E-state index is 0.188. The van der Waals surface area contributed by atoms with Crippen LogP contribution in [0, 0.1) is 0 Å². The van der Waals surface area contributed by atoms with E-state index in [2.05, 4.69) is 9.97 Å². The third-order valence-corrected chi connectivity index (χ3v) is 4.12. The predicted octanol–water partition coefficient (Wildman–Crippen LogP) is 3.43. The maximum absolute atomic E-state index is 11.3. The summed E-state index contributed by atoms with van der Waals surface area (Å²) in [5.41, 5.74) is 1.46. The Labute approximate surface area is 142 Å². The van der Waals surface area contributed by atoms with Gasteiger partial charge in [0.25, 0.3) is 0 Å². The standard InChI is InChI=1S/C17H14N2O4S/c1-23-10-5-3-4-9(8-10)14-13-12(18-17(19-14)24-2)7-6-11(15(13)20)16(21)22/h3-8,20H,1-2H3,(H,21,22). The number of thioether (sulfide) groups is 1. The average Bonchev–Trinajstić information content (AvgIpc) is 2.60. The molecular formula is C17H14N2O4S. The second-order valence-electron chi connectivity index (χ2n) is 4.95. The molecule has 3 rings (SSSR count). The summed E-state index contributed by atoms with van der Waals surface area (Å²) < 4.78 is 5.23. The molecule has 0 saturated carbocycles. The highest BCUT2D eigenvalue weighted by Crippen LogP contribution is 2.37. The first kappa shape index (κ1) is 16.1. The maximum Gasteiger partial charge on any atom is 0.339 e. The van der Waals surface area contributed by atoms with Gasteiger partial charge in [0.15, 0.2) is 5.16 Å². The topological polar surface area (TPSA) is 92.5 Å². The lowest BCUT2D eigenvalue weighted by Gasteiger charge is -2.11. The number of aromatic hydroxyl groups is 1. The van der Waals surface area contributed by atoms with Crippen LogP contribution in [0.5, 0.6) is 11.5 Å². The van der Waals surface area contributed by atoms with Gasteiger partial charge in [0.1, 0.15) is 17.1 Å². The minimum Gasteiger partial charge on any atom is -0.506 e. The lowest BCUT2D eigenvalue weighted by molar-refractivity contribution is 0.0694. The molecule has 1 aromatic heterocycles. The van der Waals surface area contributed by atoms with E-state index in [1.807, 2.05) is 12.3 Å². The number of nitrogens with zero attached hydrogens (tertiary/aromatic N) is 2. The Hall–Kier alpha value is -2.80. The van der Waals surface area contributed by atoms with E-state index in [1.165, 1.54) is 17.8 Å². The first-order valence-corrected chi connectivity index (χ1v) is 8.23. The molecule has 0 amide bonds. The van der Waals surface area contributed by atoms with Gasteiger partial charge in [-0.3, -0.25) is 0 Å². The molecule has 6 nitrogen and oxygen atoms in total. The summed E-state index contributed by atoms with van der Waals surface area (Å²) in [6.45, 7) is 0. The van der Waals surface area contributed by atoms with Crippen molar-refractivity contribution in [2.75, 3.05) is 13.4 Å². The highest BCUT2D eigenvalue weighted by atomic mass is 32.2. The SMILES string of the molecule is COc1cccc(-c2nc(SC)nc3ccc(C(=O)O)c(O)c23)c1. The van der Waals surface area contributed by atoms with E-state index in [9.17, 15) is 15.0 Å². The fourth-order valence-electron chi connectivity index (χ4n) is 2.43. The minimum atomic E-state index is -1.21. The van der Waals surface area contributed by atoms with Crippen LogP contribution in [0.3, 0.4) is 0 Å². The molecule has 0 aliphatic rings. The van der Waals surface area contributed by atoms with Gasteiger partial charge in [-0.15, -0.1) is 0 Å². The number of carboxylic acid groups (broad SMARTS) is 1. The number of rotatable bonds is 4. The van der Waals surface area contributed by atoms with E-state index in [1.54, 1.807) is 31.4 Å². The number of fused-ring (bicyclic) bond motifs is 1. The number of hydrogen-bond acceptors (Lipinski definition) is 6. The van der Waals surface area contributed by atoms with E-state index in [-0.39, 0.29) is 11.3 Å². The molecule has 0 aliphatic carbocycles. The molecule has 0 spiro atoms. The number of aromatic nitrogens is 2. The second-order valence-corrected chi connectivity index (χ2v) is 5.73. The maximum atomic E-state index is 11.3. The summed E-state index contributed by atoms with van der Waals surface area (Å²) in [6, 6.07) is 10.1. The highest BCUT2D eigenvalue weighted by molar-refractivity contribution is 7.98. The average molecular weight is 342 g/mol. The Balaban J connectivity index is 2.39. The van der Waals surface area contributed by atoms with Crippen LogP contribution in [0.2, 0.25) is 0 Å². The fraction of sp³-hybridized carbons (Fsp3) is 0.118. The van der Waals surface area contributed by atoms with E-state index < -0.39 is 5.97 Å². The smallest absolute Gasteiger partial charge is 0.339 e. The number of phenols is 1. The largest absolute Gasteiger partial charge is 0.506 e. The van der Waals surface area contributed by atoms with Gasteiger partial charge in [-0.2, -0.15) is 0 Å². The first-order chi connectivity index (χ1) is 11.5. The molecule has 122 valence electrons. The molecule has 3 aromatic rings. The van der Waals surface area contributed by atoms with Crippen LogP contribution in [0.4, 0.5) is 0 Å². The van der Waals surface area contributed by atoms with Crippen LogP contribution < -0.4 is 4.74 Å². The molecule has 0 aliphatic heterocycles. The Morgan fingerprint density at radius 2 is 2.00 bits per heavy atom.